The van der Waals surface area contributed by atoms with Crippen molar-refractivity contribution in [2.45, 2.75) is 38.5 Å². The highest BCUT2D eigenvalue weighted by molar-refractivity contribution is 7.19. The summed E-state index contributed by atoms with van der Waals surface area (Å²) in [4.78, 5) is 29.3. The standard InChI is InChI=1S/C22H22N4O4S/c1-11(27)23-22-24-16-9-8-15-18(12-4-5-12)25-26(19(15)20(16)31-22)13-6-7-14(21(28)30-3)17(10-13)29-2/h6-7,10,12H,4-5,8-9H2,1-3H3,(H,23,24,27). The summed E-state index contributed by atoms with van der Waals surface area (Å²) in [6.45, 7) is 1.48. The number of fused-ring (bicyclic) bond motifs is 3. The molecule has 0 radical (unpaired) electrons. The van der Waals surface area contributed by atoms with Crippen LogP contribution in [0.1, 0.15) is 53.0 Å². The average Bonchev–Trinajstić information content (AvgIpc) is 3.41. The molecule has 8 nitrogen and oxygen atoms in total. The van der Waals surface area contributed by atoms with Crippen LogP contribution in [0.4, 0.5) is 5.13 Å². The number of ether oxygens (including phenoxy) is 2. The molecule has 3 aromatic rings. The lowest BCUT2D eigenvalue weighted by Crippen LogP contribution is -2.08. The zero-order chi connectivity index (χ0) is 21.7. The molecule has 1 amide bonds. The van der Waals surface area contributed by atoms with Gasteiger partial charge in [-0.15, -0.1) is 0 Å². The second kappa shape index (κ2) is 7.49. The molecule has 2 aliphatic carbocycles. The number of hydrogen-bond acceptors (Lipinski definition) is 7. The van der Waals surface area contributed by atoms with E-state index < -0.39 is 5.97 Å². The highest BCUT2D eigenvalue weighted by Gasteiger charge is 2.36. The second-order valence-corrected chi connectivity index (χ2v) is 8.75. The van der Waals surface area contributed by atoms with Crippen molar-refractivity contribution in [1.82, 2.24) is 14.8 Å². The van der Waals surface area contributed by atoms with E-state index in [0.717, 1.165) is 53.3 Å². The summed E-state index contributed by atoms with van der Waals surface area (Å²) in [5.74, 6) is 0.340. The Balaban J connectivity index is 1.67. The largest absolute Gasteiger partial charge is 0.496 e. The lowest BCUT2D eigenvalue weighted by molar-refractivity contribution is -0.114. The molecule has 0 unspecified atom stereocenters. The van der Waals surface area contributed by atoms with Crippen molar-refractivity contribution in [2.75, 3.05) is 19.5 Å². The SMILES string of the molecule is COC(=O)c1ccc(-n2nc(C3CC3)c3c2-c2sc(NC(C)=O)nc2CC3)cc1OC. The molecule has 2 aromatic heterocycles. The maximum atomic E-state index is 12.1. The Bertz CT molecular complexity index is 1210. The van der Waals surface area contributed by atoms with Gasteiger partial charge in [0.1, 0.15) is 11.3 Å². The van der Waals surface area contributed by atoms with E-state index in [1.807, 2.05) is 10.7 Å². The molecule has 2 heterocycles. The van der Waals surface area contributed by atoms with E-state index in [2.05, 4.69) is 10.3 Å². The molecule has 31 heavy (non-hydrogen) atoms. The first-order chi connectivity index (χ1) is 15.0. The number of esters is 1. The van der Waals surface area contributed by atoms with Crippen LogP contribution in [-0.2, 0) is 22.4 Å². The number of amides is 1. The van der Waals surface area contributed by atoms with Crippen molar-refractivity contribution in [2.24, 2.45) is 0 Å². The van der Waals surface area contributed by atoms with E-state index in [1.54, 1.807) is 12.1 Å². The summed E-state index contributed by atoms with van der Waals surface area (Å²) in [7, 11) is 2.88. The number of rotatable bonds is 5. The Morgan fingerprint density at radius 2 is 2.03 bits per heavy atom. The van der Waals surface area contributed by atoms with Crippen LogP contribution in [0.25, 0.3) is 16.3 Å². The Morgan fingerprint density at radius 3 is 2.71 bits per heavy atom. The molecular weight excluding hydrogens is 416 g/mol. The molecule has 1 fully saturated rings. The topological polar surface area (TPSA) is 95.3 Å². The van der Waals surface area contributed by atoms with Gasteiger partial charge < -0.3 is 14.8 Å². The third kappa shape index (κ3) is 3.38. The minimum atomic E-state index is -0.450. The van der Waals surface area contributed by atoms with Crippen LogP contribution >= 0.6 is 11.3 Å². The highest BCUT2D eigenvalue weighted by Crippen LogP contribution is 2.48. The molecule has 2 aliphatic rings. The van der Waals surface area contributed by atoms with Gasteiger partial charge >= 0.3 is 5.97 Å². The van der Waals surface area contributed by atoms with Crippen molar-refractivity contribution in [3.05, 3.63) is 40.7 Å². The minimum Gasteiger partial charge on any atom is -0.496 e. The van der Waals surface area contributed by atoms with Crippen LogP contribution in [0.15, 0.2) is 18.2 Å². The first-order valence-electron chi connectivity index (χ1n) is 10.2. The van der Waals surface area contributed by atoms with Gasteiger partial charge in [-0.3, -0.25) is 4.79 Å². The second-order valence-electron chi connectivity index (χ2n) is 7.75. The Kier molecular flexibility index (Phi) is 4.77. The molecule has 9 heteroatoms. The quantitative estimate of drug-likeness (QED) is 0.610. The molecule has 0 bridgehead atoms. The number of nitrogens with zero attached hydrogens (tertiary/aromatic N) is 3. The monoisotopic (exact) mass is 438 g/mol. The predicted octanol–water partition coefficient (Wildman–Crippen LogP) is 3.73. The van der Waals surface area contributed by atoms with E-state index in [0.29, 0.717) is 22.4 Å². The maximum Gasteiger partial charge on any atom is 0.341 e. The molecule has 5 rings (SSSR count). The zero-order valence-electron chi connectivity index (χ0n) is 17.5. The number of benzene rings is 1. The summed E-state index contributed by atoms with van der Waals surface area (Å²) in [6, 6.07) is 5.35. The molecule has 1 saturated carbocycles. The average molecular weight is 439 g/mol. The Morgan fingerprint density at radius 1 is 1.23 bits per heavy atom. The number of carbonyl (C=O) groups excluding carboxylic acids is 2. The van der Waals surface area contributed by atoms with Gasteiger partial charge in [0.25, 0.3) is 0 Å². The summed E-state index contributed by atoms with van der Waals surface area (Å²) in [5.41, 5.74) is 5.56. The van der Waals surface area contributed by atoms with Crippen molar-refractivity contribution >= 4 is 28.3 Å². The van der Waals surface area contributed by atoms with Crippen LogP contribution < -0.4 is 10.1 Å². The summed E-state index contributed by atoms with van der Waals surface area (Å²) in [6.07, 6.45) is 4.00. The van der Waals surface area contributed by atoms with Crippen molar-refractivity contribution in [3.8, 4) is 22.0 Å². The molecule has 0 spiro atoms. The van der Waals surface area contributed by atoms with Gasteiger partial charge in [0.15, 0.2) is 5.13 Å². The van der Waals surface area contributed by atoms with Crippen LogP contribution in [0, 0.1) is 0 Å². The molecule has 160 valence electrons. The molecular formula is C22H22N4O4S. The van der Waals surface area contributed by atoms with Gasteiger partial charge in [-0.25, -0.2) is 14.5 Å². The molecule has 0 atom stereocenters. The fraction of sp³-hybridized carbons (Fsp3) is 0.364. The third-order valence-corrected chi connectivity index (χ3v) is 6.64. The molecule has 0 aliphatic heterocycles. The zero-order valence-corrected chi connectivity index (χ0v) is 18.3. The van der Waals surface area contributed by atoms with Crippen LogP contribution in [0.3, 0.4) is 0 Å². The fourth-order valence-electron chi connectivity index (χ4n) is 4.06. The van der Waals surface area contributed by atoms with Gasteiger partial charge in [0, 0.05) is 24.5 Å². The van der Waals surface area contributed by atoms with Gasteiger partial charge in [0.05, 0.1) is 41.9 Å². The van der Waals surface area contributed by atoms with Gasteiger partial charge in [-0.05, 0) is 37.8 Å². The van der Waals surface area contributed by atoms with Gasteiger partial charge in [0.2, 0.25) is 5.91 Å². The number of hydrogen-bond donors (Lipinski definition) is 1. The first-order valence-corrected chi connectivity index (χ1v) is 11.0. The van der Waals surface area contributed by atoms with Crippen molar-refractivity contribution in [1.29, 1.82) is 0 Å². The van der Waals surface area contributed by atoms with Crippen LogP contribution in [-0.4, -0.2) is 40.9 Å². The Hall–Kier alpha value is -3.20. The normalized spacial score (nSPS) is 14.5. The van der Waals surface area contributed by atoms with E-state index in [-0.39, 0.29) is 5.91 Å². The van der Waals surface area contributed by atoms with E-state index in [1.165, 1.54) is 38.0 Å². The predicted molar refractivity (Wildman–Crippen MR) is 116 cm³/mol. The maximum absolute atomic E-state index is 12.1. The number of carbonyl (C=O) groups is 2. The van der Waals surface area contributed by atoms with Crippen LogP contribution in [0.5, 0.6) is 5.75 Å². The summed E-state index contributed by atoms with van der Waals surface area (Å²) >= 11 is 1.47. The van der Waals surface area contributed by atoms with E-state index in [9.17, 15) is 9.59 Å². The minimum absolute atomic E-state index is 0.137. The smallest absolute Gasteiger partial charge is 0.341 e. The van der Waals surface area contributed by atoms with Gasteiger partial charge in [-0.2, -0.15) is 5.10 Å². The molecule has 1 aromatic carbocycles. The van der Waals surface area contributed by atoms with E-state index >= 15 is 0 Å². The number of anilines is 1. The van der Waals surface area contributed by atoms with Crippen LogP contribution in [0.2, 0.25) is 0 Å². The number of aromatic nitrogens is 3. The van der Waals surface area contributed by atoms with E-state index in [4.69, 9.17) is 14.6 Å². The lowest BCUT2D eigenvalue weighted by atomic mass is 9.96. The lowest BCUT2D eigenvalue weighted by Gasteiger charge is -2.15. The number of aryl methyl sites for hydroxylation is 1. The highest BCUT2D eigenvalue weighted by atomic mass is 32.1. The van der Waals surface area contributed by atoms with Crippen molar-refractivity contribution in [3.63, 3.8) is 0 Å². The summed E-state index contributed by atoms with van der Waals surface area (Å²) < 4.78 is 12.2. The van der Waals surface area contributed by atoms with Gasteiger partial charge in [-0.1, -0.05) is 11.3 Å². The number of nitrogens with one attached hydrogen (secondary N) is 1. The number of methoxy groups -OCH3 is 2. The Labute approximate surface area is 183 Å². The molecule has 1 N–H and O–H groups in total. The first kappa shape index (κ1) is 19.7. The summed E-state index contributed by atoms with van der Waals surface area (Å²) in [5, 5.41) is 8.41. The third-order valence-electron chi connectivity index (χ3n) is 5.62. The molecule has 0 saturated heterocycles. The fourth-order valence-corrected chi connectivity index (χ4v) is 5.18. The number of thiazole rings is 1. The van der Waals surface area contributed by atoms with Crippen molar-refractivity contribution < 1.29 is 19.1 Å².